The summed E-state index contributed by atoms with van der Waals surface area (Å²) in [6, 6.07) is 5.48. The molecule has 2 fully saturated rings. The molecule has 1 aromatic rings. The molecule has 0 aliphatic heterocycles. The zero-order chi connectivity index (χ0) is 23.2. The van der Waals surface area contributed by atoms with E-state index in [0.717, 1.165) is 0 Å². The van der Waals surface area contributed by atoms with Gasteiger partial charge in [0.25, 0.3) is 0 Å². The van der Waals surface area contributed by atoms with Crippen LogP contribution in [0, 0.1) is 23.7 Å². The van der Waals surface area contributed by atoms with Gasteiger partial charge in [0.1, 0.15) is 0 Å². The van der Waals surface area contributed by atoms with Gasteiger partial charge in [-0.25, -0.2) is 9.59 Å². The first-order valence-electron chi connectivity index (χ1n) is 10.9. The first-order chi connectivity index (χ1) is 14.0. The first-order valence-corrected chi connectivity index (χ1v) is 10.9. The summed E-state index contributed by atoms with van der Waals surface area (Å²) in [5.41, 5.74) is 0.978. The maximum atomic E-state index is 10.5. The van der Waals surface area contributed by atoms with Crippen LogP contribution in [-0.4, -0.2) is 22.2 Å². The summed E-state index contributed by atoms with van der Waals surface area (Å²) in [5.74, 6) is -2.46. The van der Waals surface area contributed by atoms with E-state index in [1.165, 1.54) is 88.5 Å². The van der Waals surface area contributed by atoms with Crippen molar-refractivity contribution in [3.05, 3.63) is 35.4 Å². The number of carboxylic acid groups (broad SMARTS) is 2. The molecule has 0 spiro atoms. The summed E-state index contributed by atoms with van der Waals surface area (Å²) < 4.78 is 0. The number of terminal acetylenes is 1. The van der Waals surface area contributed by atoms with Gasteiger partial charge in [-0.2, -0.15) is 0 Å². The summed E-state index contributed by atoms with van der Waals surface area (Å²) in [4.78, 5) is 20.9. The molecule has 0 amide bonds. The standard InChI is InChI=1S/C8H6O4.2C8H16.C2H2/c9-7(10)5-3-1-2-4-6(5)8(11)12;2*1-8(2)6-4-3-5-7-8;1-2/h1-4H,(H,9,10)(H,11,12);2*3-7H2,1-2H3;1-2H. The van der Waals surface area contributed by atoms with Crippen LogP contribution in [0.1, 0.15) is 113 Å². The lowest BCUT2D eigenvalue weighted by Gasteiger charge is -2.28. The number of benzene rings is 1. The predicted molar refractivity (Wildman–Crippen MR) is 124 cm³/mol. The van der Waals surface area contributed by atoms with Gasteiger partial charge in [-0.3, -0.25) is 0 Å². The minimum atomic E-state index is -1.23. The van der Waals surface area contributed by atoms with E-state index in [1.54, 1.807) is 0 Å². The smallest absolute Gasteiger partial charge is 0.336 e. The molecule has 2 saturated carbocycles. The fourth-order valence-corrected chi connectivity index (χ4v) is 3.87. The van der Waals surface area contributed by atoms with Gasteiger partial charge in [0, 0.05) is 0 Å². The van der Waals surface area contributed by atoms with Gasteiger partial charge in [0.15, 0.2) is 0 Å². The Hall–Kier alpha value is -2.28. The Labute approximate surface area is 183 Å². The molecule has 2 aliphatic rings. The fraction of sp³-hybridized carbons (Fsp3) is 0.615. The van der Waals surface area contributed by atoms with Crippen LogP contribution in [0.5, 0.6) is 0 Å². The highest BCUT2D eigenvalue weighted by Gasteiger charge is 2.20. The number of hydrogen-bond donors (Lipinski definition) is 2. The summed E-state index contributed by atoms with van der Waals surface area (Å²) in [5, 5.41) is 17.1. The molecular weight excluding hydrogens is 376 g/mol. The Morgan fingerprint density at radius 3 is 1.10 bits per heavy atom. The van der Waals surface area contributed by atoms with Crippen LogP contribution in [0.2, 0.25) is 0 Å². The average Bonchev–Trinajstić information content (AvgIpc) is 2.70. The van der Waals surface area contributed by atoms with Crippen molar-refractivity contribution >= 4 is 11.9 Å². The van der Waals surface area contributed by atoms with Crippen molar-refractivity contribution in [3.63, 3.8) is 0 Å². The minimum absolute atomic E-state index is 0.190. The van der Waals surface area contributed by atoms with Crippen molar-refractivity contribution in [2.24, 2.45) is 10.8 Å². The molecule has 2 aliphatic carbocycles. The van der Waals surface area contributed by atoms with Gasteiger partial charge < -0.3 is 10.2 Å². The van der Waals surface area contributed by atoms with Crippen molar-refractivity contribution in [1.82, 2.24) is 0 Å². The summed E-state index contributed by atoms with van der Waals surface area (Å²) >= 11 is 0. The van der Waals surface area contributed by atoms with Crippen LogP contribution in [0.15, 0.2) is 24.3 Å². The largest absolute Gasteiger partial charge is 0.478 e. The molecule has 3 rings (SSSR count). The molecule has 168 valence electrons. The molecule has 0 aromatic heterocycles. The molecule has 30 heavy (non-hydrogen) atoms. The second kappa shape index (κ2) is 13.9. The summed E-state index contributed by atoms with van der Waals surface area (Å²) in [7, 11) is 0. The second-order valence-electron chi connectivity index (χ2n) is 9.61. The second-order valence-corrected chi connectivity index (χ2v) is 9.61. The Kier molecular flexibility index (Phi) is 12.8. The van der Waals surface area contributed by atoms with Crippen LogP contribution in [0.3, 0.4) is 0 Å². The number of hydrogen-bond acceptors (Lipinski definition) is 2. The minimum Gasteiger partial charge on any atom is -0.478 e. The molecule has 4 heteroatoms. The molecule has 0 heterocycles. The van der Waals surface area contributed by atoms with E-state index in [1.807, 2.05) is 0 Å². The van der Waals surface area contributed by atoms with E-state index in [9.17, 15) is 9.59 Å². The van der Waals surface area contributed by atoms with Crippen molar-refractivity contribution < 1.29 is 19.8 Å². The number of carboxylic acids is 2. The third kappa shape index (κ3) is 11.7. The molecule has 2 N–H and O–H groups in total. The van der Waals surface area contributed by atoms with Gasteiger partial charge in [-0.05, 0) is 48.6 Å². The van der Waals surface area contributed by atoms with Crippen molar-refractivity contribution in [2.45, 2.75) is 91.9 Å². The van der Waals surface area contributed by atoms with Gasteiger partial charge in [0.2, 0.25) is 0 Å². The quantitative estimate of drug-likeness (QED) is 0.496. The third-order valence-electron chi connectivity index (χ3n) is 5.80. The number of rotatable bonds is 2. The Morgan fingerprint density at radius 1 is 0.667 bits per heavy atom. The Bertz CT molecular complexity index is 600. The lowest BCUT2D eigenvalue weighted by molar-refractivity contribution is 0.0651. The molecule has 4 nitrogen and oxygen atoms in total. The van der Waals surface area contributed by atoms with Crippen LogP contribution < -0.4 is 0 Å². The summed E-state index contributed by atoms with van der Waals surface area (Å²) in [6.45, 7) is 9.52. The summed E-state index contributed by atoms with van der Waals surface area (Å²) in [6.07, 6.45) is 22.6. The first kappa shape index (κ1) is 27.7. The monoisotopic (exact) mass is 416 g/mol. The van der Waals surface area contributed by atoms with E-state index in [4.69, 9.17) is 10.2 Å². The SMILES string of the molecule is C#C.CC1(C)CCCCC1.CC1(C)CCCCC1.O=C(O)c1ccccc1C(=O)O. The van der Waals surface area contributed by atoms with Crippen LogP contribution in [0.4, 0.5) is 0 Å². The van der Waals surface area contributed by atoms with Gasteiger partial charge in [-0.15, -0.1) is 12.8 Å². The van der Waals surface area contributed by atoms with Crippen LogP contribution >= 0.6 is 0 Å². The average molecular weight is 417 g/mol. The maximum absolute atomic E-state index is 10.5. The predicted octanol–water partition coefficient (Wildman–Crippen LogP) is 7.29. The van der Waals surface area contributed by atoms with E-state index < -0.39 is 11.9 Å². The third-order valence-corrected chi connectivity index (χ3v) is 5.80. The maximum Gasteiger partial charge on any atom is 0.336 e. The highest BCUT2D eigenvalue weighted by molar-refractivity contribution is 6.01. The highest BCUT2D eigenvalue weighted by atomic mass is 16.4. The van der Waals surface area contributed by atoms with Gasteiger partial charge >= 0.3 is 11.9 Å². The Morgan fingerprint density at radius 2 is 0.933 bits per heavy atom. The number of aromatic carboxylic acids is 2. The van der Waals surface area contributed by atoms with Gasteiger partial charge in [-0.1, -0.05) is 78.4 Å². The normalized spacial score (nSPS) is 18.6. The van der Waals surface area contributed by atoms with Crippen molar-refractivity contribution in [3.8, 4) is 12.8 Å². The van der Waals surface area contributed by atoms with Gasteiger partial charge in [0.05, 0.1) is 11.1 Å². The highest BCUT2D eigenvalue weighted by Crippen LogP contribution is 2.35. The van der Waals surface area contributed by atoms with Crippen LogP contribution in [-0.2, 0) is 0 Å². The zero-order valence-electron chi connectivity index (χ0n) is 19.2. The van der Waals surface area contributed by atoms with E-state index in [2.05, 4.69) is 40.5 Å². The molecular formula is C26H40O4. The van der Waals surface area contributed by atoms with E-state index in [0.29, 0.717) is 10.8 Å². The lowest BCUT2D eigenvalue weighted by Crippen LogP contribution is -2.14. The lowest BCUT2D eigenvalue weighted by atomic mass is 9.78. The van der Waals surface area contributed by atoms with E-state index in [-0.39, 0.29) is 11.1 Å². The molecule has 1 aromatic carbocycles. The molecule has 0 saturated heterocycles. The van der Waals surface area contributed by atoms with Crippen molar-refractivity contribution in [2.75, 3.05) is 0 Å². The van der Waals surface area contributed by atoms with Crippen LogP contribution in [0.25, 0.3) is 0 Å². The molecule has 0 radical (unpaired) electrons. The van der Waals surface area contributed by atoms with Crippen molar-refractivity contribution in [1.29, 1.82) is 0 Å². The molecule has 0 atom stereocenters. The Balaban J connectivity index is 0.000000415. The zero-order valence-corrected chi connectivity index (χ0v) is 19.2. The fourth-order valence-electron chi connectivity index (χ4n) is 3.87. The molecule has 0 unspecified atom stereocenters. The topological polar surface area (TPSA) is 74.6 Å². The van der Waals surface area contributed by atoms with E-state index >= 15 is 0 Å². The molecule has 0 bridgehead atoms. The number of carbonyl (C=O) groups is 2.